The van der Waals surface area contributed by atoms with Crippen molar-refractivity contribution in [1.29, 1.82) is 0 Å². The van der Waals surface area contributed by atoms with E-state index in [0.717, 1.165) is 12.3 Å². The topological polar surface area (TPSA) is 38.3 Å². The van der Waals surface area contributed by atoms with E-state index in [0.29, 0.717) is 5.92 Å². The van der Waals surface area contributed by atoms with Gasteiger partial charge in [-0.15, -0.1) is 0 Å². The molecule has 1 aromatic carbocycles. The lowest BCUT2D eigenvalue weighted by atomic mass is 9.89. The third-order valence-electron chi connectivity index (χ3n) is 3.72. The molecule has 3 nitrogen and oxygen atoms in total. The van der Waals surface area contributed by atoms with Crippen LogP contribution in [0.2, 0.25) is 0 Å². The Morgan fingerprint density at radius 2 is 1.95 bits per heavy atom. The number of hydrogen-bond acceptors (Lipinski definition) is 2. The molecule has 0 heterocycles. The van der Waals surface area contributed by atoms with Gasteiger partial charge < -0.3 is 10.1 Å². The van der Waals surface area contributed by atoms with Crippen LogP contribution in [-0.2, 0) is 4.79 Å². The van der Waals surface area contributed by atoms with Crippen LogP contribution in [0.25, 0.3) is 0 Å². The summed E-state index contributed by atoms with van der Waals surface area (Å²) >= 11 is 0. The zero-order valence-electron chi connectivity index (χ0n) is 11.6. The first-order valence-corrected chi connectivity index (χ1v) is 7.25. The number of para-hydroxylation sites is 1. The van der Waals surface area contributed by atoms with Gasteiger partial charge in [-0.3, -0.25) is 4.79 Å². The fourth-order valence-corrected chi connectivity index (χ4v) is 2.54. The molecule has 0 aliphatic heterocycles. The van der Waals surface area contributed by atoms with Gasteiger partial charge in [-0.1, -0.05) is 37.5 Å². The summed E-state index contributed by atoms with van der Waals surface area (Å²) in [4.78, 5) is 12.0. The predicted molar refractivity (Wildman–Crippen MR) is 76.1 cm³/mol. The molecule has 0 radical (unpaired) electrons. The van der Waals surface area contributed by atoms with Crippen molar-refractivity contribution >= 4 is 5.91 Å². The number of carbonyl (C=O) groups excluding carboxylic acids is 1. The van der Waals surface area contributed by atoms with Gasteiger partial charge in [-0.25, -0.2) is 0 Å². The molecule has 1 fully saturated rings. The second-order valence-corrected chi connectivity index (χ2v) is 5.32. The average molecular weight is 261 g/mol. The molecular weight excluding hydrogens is 238 g/mol. The largest absolute Gasteiger partial charge is 0.481 e. The molecule has 19 heavy (non-hydrogen) atoms. The Morgan fingerprint density at radius 1 is 1.26 bits per heavy atom. The second kappa shape index (κ2) is 7.17. The van der Waals surface area contributed by atoms with E-state index in [1.807, 2.05) is 30.3 Å². The number of nitrogens with one attached hydrogen (secondary N) is 1. The number of carbonyl (C=O) groups is 1. The predicted octanol–water partition coefficient (Wildman–Crippen LogP) is 3.15. The van der Waals surface area contributed by atoms with E-state index >= 15 is 0 Å². The van der Waals surface area contributed by atoms with Crippen LogP contribution in [0.3, 0.4) is 0 Å². The molecular formula is C16H23NO2. The Bertz CT molecular complexity index is 385. The van der Waals surface area contributed by atoms with Gasteiger partial charge in [0.05, 0.1) is 0 Å². The minimum absolute atomic E-state index is 0.0190. The summed E-state index contributed by atoms with van der Waals surface area (Å²) in [7, 11) is 0. The minimum Gasteiger partial charge on any atom is -0.481 e. The van der Waals surface area contributed by atoms with Crippen molar-refractivity contribution in [2.24, 2.45) is 5.92 Å². The molecule has 0 aromatic heterocycles. The molecule has 3 heteroatoms. The van der Waals surface area contributed by atoms with Gasteiger partial charge in [0.25, 0.3) is 5.91 Å². The summed E-state index contributed by atoms with van der Waals surface area (Å²) in [6.07, 6.45) is 6.00. The monoisotopic (exact) mass is 261 g/mol. The van der Waals surface area contributed by atoms with Crippen molar-refractivity contribution in [3.8, 4) is 5.75 Å². The van der Waals surface area contributed by atoms with Crippen molar-refractivity contribution in [3.63, 3.8) is 0 Å². The van der Waals surface area contributed by atoms with E-state index in [-0.39, 0.29) is 5.91 Å². The van der Waals surface area contributed by atoms with Crippen LogP contribution in [0.15, 0.2) is 30.3 Å². The average Bonchev–Trinajstić information content (AvgIpc) is 2.47. The van der Waals surface area contributed by atoms with E-state index in [1.54, 1.807) is 6.92 Å². The van der Waals surface area contributed by atoms with E-state index in [4.69, 9.17) is 4.74 Å². The van der Waals surface area contributed by atoms with E-state index in [1.165, 1.54) is 32.1 Å². The molecule has 1 aliphatic rings. The minimum atomic E-state index is -0.439. The Labute approximate surface area is 115 Å². The number of ether oxygens (including phenoxy) is 1. The highest BCUT2D eigenvalue weighted by Gasteiger charge is 2.18. The van der Waals surface area contributed by atoms with Gasteiger partial charge in [0, 0.05) is 6.54 Å². The quantitative estimate of drug-likeness (QED) is 0.884. The SMILES string of the molecule is C[C@H](Oc1ccccc1)C(=O)NCC1CCCCC1. The van der Waals surface area contributed by atoms with E-state index in [9.17, 15) is 4.79 Å². The fraction of sp³-hybridized carbons (Fsp3) is 0.562. The molecule has 1 atom stereocenters. The molecule has 0 spiro atoms. The normalized spacial score (nSPS) is 17.7. The highest BCUT2D eigenvalue weighted by molar-refractivity contribution is 5.80. The van der Waals surface area contributed by atoms with Gasteiger partial charge >= 0.3 is 0 Å². The number of benzene rings is 1. The van der Waals surface area contributed by atoms with Crippen molar-refractivity contribution < 1.29 is 9.53 Å². The maximum Gasteiger partial charge on any atom is 0.260 e. The van der Waals surface area contributed by atoms with Crippen LogP contribution >= 0.6 is 0 Å². The fourth-order valence-electron chi connectivity index (χ4n) is 2.54. The summed E-state index contributed by atoms with van der Waals surface area (Å²) < 4.78 is 5.60. The number of rotatable bonds is 5. The van der Waals surface area contributed by atoms with Crippen LogP contribution in [0.5, 0.6) is 5.75 Å². The zero-order valence-corrected chi connectivity index (χ0v) is 11.6. The van der Waals surface area contributed by atoms with Crippen molar-refractivity contribution in [3.05, 3.63) is 30.3 Å². The van der Waals surface area contributed by atoms with Crippen LogP contribution in [0.1, 0.15) is 39.0 Å². The van der Waals surface area contributed by atoms with Gasteiger partial charge in [0.15, 0.2) is 6.10 Å². The molecule has 1 amide bonds. The number of hydrogen-bond donors (Lipinski definition) is 1. The molecule has 0 unspecified atom stereocenters. The summed E-state index contributed by atoms with van der Waals surface area (Å²) in [6.45, 7) is 2.59. The molecule has 1 saturated carbocycles. The van der Waals surface area contributed by atoms with Gasteiger partial charge in [0.2, 0.25) is 0 Å². The van der Waals surface area contributed by atoms with Crippen LogP contribution in [0, 0.1) is 5.92 Å². The van der Waals surface area contributed by atoms with Crippen molar-refractivity contribution in [2.75, 3.05) is 6.54 Å². The summed E-state index contributed by atoms with van der Waals surface area (Å²) in [6, 6.07) is 9.47. The second-order valence-electron chi connectivity index (χ2n) is 5.32. The lowest BCUT2D eigenvalue weighted by Crippen LogP contribution is -2.39. The first kappa shape index (κ1) is 13.9. The lowest BCUT2D eigenvalue weighted by Gasteiger charge is -2.22. The Balaban J connectivity index is 1.73. The molecule has 1 aromatic rings. The van der Waals surface area contributed by atoms with E-state index in [2.05, 4.69) is 5.32 Å². The molecule has 0 saturated heterocycles. The maximum atomic E-state index is 12.0. The van der Waals surface area contributed by atoms with Crippen LogP contribution in [-0.4, -0.2) is 18.6 Å². The lowest BCUT2D eigenvalue weighted by molar-refractivity contribution is -0.127. The van der Waals surface area contributed by atoms with E-state index < -0.39 is 6.10 Å². The van der Waals surface area contributed by atoms with Gasteiger partial charge in [0.1, 0.15) is 5.75 Å². The maximum absolute atomic E-state index is 12.0. The van der Waals surface area contributed by atoms with Crippen molar-refractivity contribution in [1.82, 2.24) is 5.32 Å². The first-order chi connectivity index (χ1) is 9.25. The van der Waals surface area contributed by atoms with Crippen LogP contribution in [0.4, 0.5) is 0 Å². The standard InChI is InChI=1S/C16H23NO2/c1-13(19-15-10-6-3-7-11-15)16(18)17-12-14-8-4-2-5-9-14/h3,6-7,10-11,13-14H,2,4-5,8-9,12H2,1H3,(H,17,18)/t13-/m0/s1. The van der Waals surface area contributed by atoms with Crippen LogP contribution < -0.4 is 10.1 Å². The molecule has 1 N–H and O–H groups in total. The van der Waals surface area contributed by atoms with Gasteiger partial charge in [-0.05, 0) is 37.8 Å². The van der Waals surface area contributed by atoms with Gasteiger partial charge in [-0.2, -0.15) is 0 Å². The molecule has 1 aliphatic carbocycles. The molecule has 0 bridgehead atoms. The summed E-state index contributed by atoms with van der Waals surface area (Å²) in [5.74, 6) is 1.37. The summed E-state index contributed by atoms with van der Waals surface area (Å²) in [5, 5.41) is 3.01. The first-order valence-electron chi connectivity index (χ1n) is 7.25. The smallest absolute Gasteiger partial charge is 0.260 e. The Kier molecular flexibility index (Phi) is 5.25. The third-order valence-corrected chi connectivity index (χ3v) is 3.72. The highest BCUT2D eigenvalue weighted by Crippen LogP contribution is 2.22. The Morgan fingerprint density at radius 3 is 2.63 bits per heavy atom. The molecule has 2 rings (SSSR count). The number of amides is 1. The highest BCUT2D eigenvalue weighted by atomic mass is 16.5. The third kappa shape index (κ3) is 4.58. The summed E-state index contributed by atoms with van der Waals surface area (Å²) in [5.41, 5.74) is 0. The van der Waals surface area contributed by atoms with Crippen molar-refractivity contribution in [2.45, 2.75) is 45.1 Å². The molecule has 104 valence electrons. The Hall–Kier alpha value is -1.51. The zero-order chi connectivity index (χ0) is 13.5.